The minimum absolute atomic E-state index is 0.154. The van der Waals surface area contributed by atoms with Crippen LogP contribution in [0, 0.1) is 6.92 Å². The first-order valence-corrected chi connectivity index (χ1v) is 6.86. The Morgan fingerprint density at radius 1 is 1.09 bits per heavy atom. The number of hydrogen-bond acceptors (Lipinski definition) is 4. The maximum absolute atomic E-state index is 12.1. The van der Waals surface area contributed by atoms with Gasteiger partial charge in [-0.1, -0.05) is 12.1 Å². The summed E-state index contributed by atoms with van der Waals surface area (Å²) < 4.78 is 10.3. The van der Waals surface area contributed by atoms with Crippen molar-refractivity contribution in [2.75, 3.05) is 13.7 Å². The smallest absolute Gasteiger partial charge is 0.325 e. The number of benzene rings is 2. The summed E-state index contributed by atoms with van der Waals surface area (Å²) in [7, 11) is 1.28. The van der Waals surface area contributed by atoms with Crippen molar-refractivity contribution >= 4 is 33.8 Å². The van der Waals surface area contributed by atoms with Crippen molar-refractivity contribution in [3.05, 3.63) is 47.5 Å². The molecule has 22 heavy (non-hydrogen) atoms. The second kappa shape index (κ2) is 5.52. The molecule has 3 rings (SSSR count). The average Bonchev–Trinajstić information content (AvgIpc) is 2.88. The van der Waals surface area contributed by atoms with Crippen LogP contribution < -0.4 is 5.32 Å². The van der Waals surface area contributed by atoms with Crippen LogP contribution in [-0.2, 0) is 9.53 Å². The molecule has 0 radical (unpaired) electrons. The molecule has 0 unspecified atom stereocenters. The Bertz CT molecular complexity index is 879. The fourth-order valence-electron chi connectivity index (χ4n) is 2.35. The van der Waals surface area contributed by atoms with Crippen LogP contribution in [0.5, 0.6) is 0 Å². The maximum atomic E-state index is 12.1. The van der Waals surface area contributed by atoms with Crippen molar-refractivity contribution in [3.8, 4) is 0 Å². The van der Waals surface area contributed by atoms with E-state index in [-0.39, 0.29) is 12.5 Å². The van der Waals surface area contributed by atoms with Crippen LogP contribution in [0.25, 0.3) is 21.9 Å². The quantitative estimate of drug-likeness (QED) is 0.755. The standard InChI is InChI=1S/C17H15NO4/c1-10-3-5-12-13-8-11(17(20)18-9-16(19)21-2)4-6-14(13)22-15(12)7-10/h3-8H,9H2,1-2H3,(H,18,20). The van der Waals surface area contributed by atoms with Crippen molar-refractivity contribution in [1.29, 1.82) is 0 Å². The van der Waals surface area contributed by atoms with Gasteiger partial charge in [0.05, 0.1) is 7.11 Å². The molecule has 0 fully saturated rings. The molecule has 1 heterocycles. The number of amides is 1. The molecule has 0 atom stereocenters. The lowest BCUT2D eigenvalue weighted by atomic mass is 10.1. The van der Waals surface area contributed by atoms with Gasteiger partial charge in [-0.2, -0.15) is 0 Å². The van der Waals surface area contributed by atoms with Gasteiger partial charge in [0.15, 0.2) is 0 Å². The van der Waals surface area contributed by atoms with E-state index in [9.17, 15) is 9.59 Å². The number of rotatable bonds is 3. The van der Waals surface area contributed by atoms with Crippen LogP contribution in [0.3, 0.4) is 0 Å². The van der Waals surface area contributed by atoms with Gasteiger partial charge in [-0.25, -0.2) is 0 Å². The molecule has 1 aromatic heterocycles. The highest BCUT2D eigenvalue weighted by molar-refractivity contribution is 6.08. The summed E-state index contributed by atoms with van der Waals surface area (Å²) >= 11 is 0. The highest BCUT2D eigenvalue weighted by Crippen LogP contribution is 2.29. The highest BCUT2D eigenvalue weighted by Gasteiger charge is 2.12. The number of furan rings is 1. The number of carbonyl (C=O) groups is 2. The van der Waals surface area contributed by atoms with E-state index in [0.717, 1.165) is 27.5 Å². The molecular weight excluding hydrogens is 282 g/mol. The zero-order valence-corrected chi connectivity index (χ0v) is 12.3. The summed E-state index contributed by atoms with van der Waals surface area (Å²) in [6.07, 6.45) is 0. The van der Waals surface area contributed by atoms with Crippen molar-refractivity contribution in [1.82, 2.24) is 5.32 Å². The van der Waals surface area contributed by atoms with Gasteiger partial charge in [-0.3, -0.25) is 9.59 Å². The summed E-state index contributed by atoms with van der Waals surface area (Å²) in [6, 6.07) is 11.1. The summed E-state index contributed by atoms with van der Waals surface area (Å²) in [5, 5.41) is 4.36. The van der Waals surface area contributed by atoms with Crippen LogP contribution in [0.4, 0.5) is 0 Å². The number of esters is 1. The van der Waals surface area contributed by atoms with Gasteiger partial charge in [-0.05, 0) is 36.8 Å². The maximum Gasteiger partial charge on any atom is 0.325 e. The predicted octanol–water partition coefficient (Wildman–Crippen LogP) is 2.80. The van der Waals surface area contributed by atoms with E-state index >= 15 is 0 Å². The SMILES string of the molecule is COC(=O)CNC(=O)c1ccc2oc3cc(C)ccc3c2c1. The second-order valence-corrected chi connectivity index (χ2v) is 5.07. The van der Waals surface area contributed by atoms with E-state index < -0.39 is 5.97 Å². The Labute approximate surface area is 126 Å². The van der Waals surface area contributed by atoms with Crippen molar-refractivity contribution in [2.24, 2.45) is 0 Å². The molecule has 0 bridgehead atoms. The van der Waals surface area contributed by atoms with Crippen LogP contribution in [0.1, 0.15) is 15.9 Å². The van der Waals surface area contributed by atoms with Crippen molar-refractivity contribution in [2.45, 2.75) is 6.92 Å². The minimum Gasteiger partial charge on any atom is -0.468 e. The molecule has 1 amide bonds. The van der Waals surface area contributed by atoms with E-state index in [1.807, 2.05) is 25.1 Å². The van der Waals surface area contributed by atoms with E-state index in [1.54, 1.807) is 18.2 Å². The summed E-state index contributed by atoms with van der Waals surface area (Å²) in [6.45, 7) is 1.84. The van der Waals surface area contributed by atoms with Gasteiger partial charge in [0.2, 0.25) is 0 Å². The van der Waals surface area contributed by atoms with E-state index in [2.05, 4.69) is 10.1 Å². The van der Waals surface area contributed by atoms with Gasteiger partial charge in [-0.15, -0.1) is 0 Å². The lowest BCUT2D eigenvalue weighted by Gasteiger charge is -2.03. The third kappa shape index (κ3) is 2.53. The number of carbonyl (C=O) groups excluding carboxylic acids is 2. The minimum atomic E-state index is -0.487. The molecule has 5 heteroatoms. The van der Waals surface area contributed by atoms with Gasteiger partial charge in [0, 0.05) is 16.3 Å². The van der Waals surface area contributed by atoms with Gasteiger partial charge in [0.1, 0.15) is 17.7 Å². The summed E-state index contributed by atoms with van der Waals surface area (Å²) in [4.78, 5) is 23.1. The van der Waals surface area contributed by atoms with Gasteiger partial charge in [0.25, 0.3) is 5.91 Å². The zero-order chi connectivity index (χ0) is 15.7. The van der Waals surface area contributed by atoms with Crippen LogP contribution in [0.15, 0.2) is 40.8 Å². The molecule has 1 N–H and O–H groups in total. The topological polar surface area (TPSA) is 68.5 Å². The molecule has 0 spiro atoms. The van der Waals surface area contributed by atoms with E-state index in [4.69, 9.17) is 4.42 Å². The van der Waals surface area contributed by atoms with Crippen LogP contribution in [0.2, 0.25) is 0 Å². The molecule has 5 nitrogen and oxygen atoms in total. The number of ether oxygens (including phenoxy) is 1. The highest BCUT2D eigenvalue weighted by atomic mass is 16.5. The Balaban J connectivity index is 1.96. The molecule has 0 saturated carbocycles. The molecule has 0 aliphatic rings. The Kier molecular flexibility index (Phi) is 3.55. The second-order valence-electron chi connectivity index (χ2n) is 5.07. The molecule has 2 aromatic carbocycles. The summed E-state index contributed by atoms with van der Waals surface area (Å²) in [5.74, 6) is -0.813. The van der Waals surface area contributed by atoms with E-state index in [0.29, 0.717) is 5.56 Å². The average molecular weight is 297 g/mol. The fourth-order valence-corrected chi connectivity index (χ4v) is 2.35. The summed E-state index contributed by atoms with van der Waals surface area (Å²) in [5.41, 5.74) is 3.11. The molecule has 0 aliphatic heterocycles. The monoisotopic (exact) mass is 297 g/mol. The number of nitrogens with one attached hydrogen (secondary N) is 1. The molecule has 112 valence electrons. The first-order valence-electron chi connectivity index (χ1n) is 6.86. The largest absolute Gasteiger partial charge is 0.468 e. The predicted molar refractivity (Wildman–Crippen MR) is 82.8 cm³/mol. The third-order valence-electron chi connectivity index (χ3n) is 3.51. The van der Waals surface area contributed by atoms with Crippen molar-refractivity contribution in [3.63, 3.8) is 0 Å². The lowest BCUT2D eigenvalue weighted by Crippen LogP contribution is -2.30. The Hall–Kier alpha value is -2.82. The first kappa shape index (κ1) is 14.1. The van der Waals surface area contributed by atoms with Crippen LogP contribution >= 0.6 is 0 Å². The molecule has 0 aliphatic carbocycles. The van der Waals surface area contributed by atoms with Gasteiger partial charge >= 0.3 is 5.97 Å². The molecule has 0 saturated heterocycles. The normalized spacial score (nSPS) is 10.8. The number of methoxy groups -OCH3 is 1. The number of aryl methyl sites for hydroxylation is 1. The van der Waals surface area contributed by atoms with Gasteiger partial charge < -0.3 is 14.5 Å². The van der Waals surface area contributed by atoms with Crippen LogP contribution in [-0.4, -0.2) is 25.5 Å². The molecular formula is C17H15NO4. The van der Waals surface area contributed by atoms with Crippen molar-refractivity contribution < 1.29 is 18.7 Å². The first-order chi connectivity index (χ1) is 10.6. The molecule has 3 aromatic rings. The number of hydrogen-bond donors (Lipinski definition) is 1. The zero-order valence-electron chi connectivity index (χ0n) is 12.3. The Morgan fingerprint density at radius 3 is 2.68 bits per heavy atom. The Morgan fingerprint density at radius 2 is 1.91 bits per heavy atom. The van der Waals surface area contributed by atoms with E-state index in [1.165, 1.54) is 7.11 Å². The lowest BCUT2D eigenvalue weighted by molar-refractivity contribution is -0.139. The number of fused-ring (bicyclic) bond motifs is 3. The fraction of sp³-hybridized carbons (Fsp3) is 0.176. The third-order valence-corrected chi connectivity index (χ3v) is 3.51.